The van der Waals surface area contributed by atoms with Crippen LogP contribution in [0.15, 0.2) is 18.2 Å². The maximum absolute atomic E-state index is 13.1. The van der Waals surface area contributed by atoms with E-state index in [1.54, 1.807) is 0 Å². The van der Waals surface area contributed by atoms with Crippen LogP contribution in [0.1, 0.15) is 36.4 Å². The number of rotatable bonds is 2. The second-order valence-corrected chi connectivity index (χ2v) is 4.21. The highest BCUT2D eigenvalue weighted by Gasteiger charge is 2.27. The zero-order chi connectivity index (χ0) is 11.7. The van der Waals surface area contributed by atoms with Gasteiger partial charge in [-0.05, 0) is 44.1 Å². The van der Waals surface area contributed by atoms with Gasteiger partial charge in [-0.1, -0.05) is 6.07 Å². The number of halogens is 3. The van der Waals surface area contributed by atoms with Gasteiger partial charge in [0.25, 0.3) is 6.43 Å². The highest BCUT2D eigenvalue weighted by Crippen LogP contribution is 2.36. The lowest BCUT2D eigenvalue weighted by atomic mass is 9.98. The zero-order valence-corrected chi connectivity index (χ0v) is 9.09. The van der Waals surface area contributed by atoms with Gasteiger partial charge in [0.15, 0.2) is 0 Å². The number of hydrogen-bond donors (Lipinski definition) is 0. The minimum Gasteiger partial charge on any atom is -0.299 e. The lowest BCUT2D eigenvalue weighted by Gasteiger charge is -2.22. The third-order valence-corrected chi connectivity index (χ3v) is 3.16. The third-order valence-electron chi connectivity index (χ3n) is 3.16. The van der Waals surface area contributed by atoms with Crippen LogP contribution in [0.25, 0.3) is 0 Å². The Morgan fingerprint density at radius 2 is 2.12 bits per heavy atom. The molecule has 1 saturated heterocycles. The molecule has 1 aliphatic rings. The first kappa shape index (κ1) is 11.5. The van der Waals surface area contributed by atoms with Gasteiger partial charge in [0, 0.05) is 11.6 Å². The van der Waals surface area contributed by atoms with Crippen LogP contribution >= 0.6 is 0 Å². The molecule has 0 aliphatic carbocycles. The molecule has 1 unspecified atom stereocenters. The molecule has 0 bridgehead atoms. The first-order chi connectivity index (χ1) is 7.59. The Balaban J connectivity index is 2.40. The van der Waals surface area contributed by atoms with Crippen LogP contribution in [0.4, 0.5) is 13.2 Å². The molecular formula is C12H14F3N. The van der Waals surface area contributed by atoms with E-state index in [0.717, 1.165) is 25.5 Å². The summed E-state index contributed by atoms with van der Waals surface area (Å²) in [7, 11) is 1.89. The van der Waals surface area contributed by atoms with Crippen molar-refractivity contribution in [1.82, 2.24) is 4.90 Å². The van der Waals surface area contributed by atoms with Crippen molar-refractivity contribution in [3.8, 4) is 0 Å². The van der Waals surface area contributed by atoms with E-state index >= 15 is 0 Å². The quantitative estimate of drug-likeness (QED) is 0.749. The van der Waals surface area contributed by atoms with E-state index in [1.807, 2.05) is 11.9 Å². The van der Waals surface area contributed by atoms with Gasteiger partial charge in [-0.2, -0.15) is 0 Å². The molecule has 2 rings (SSSR count). The second-order valence-electron chi connectivity index (χ2n) is 4.21. The van der Waals surface area contributed by atoms with Gasteiger partial charge in [0.05, 0.1) is 0 Å². The Labute approximate surface area is 92.9 Å². The first-order valence-corrected chi connectivity index (χ1v) is 5.37. The molecule has 0 saturated carbocycles. The monoisotopic (exact) mass is 229 g/mol. The summed E-state index contributed by atoms with van der Waals surface area (Å²) in [6, 6.07) is 3.47. The van der Waals surface area contributed by atoms with Crippen molar-refractivity contribution in [3.63, 3.8) is 0 Å². The molecule has 0 aromatic heterocycles. The van der Waals surface area contributed by atoms with Crippen LogP contribution < -0.4 is 0 Å². The number of nitrogens with zero attached hydrogens (tertiary/aromatic N) is 1. The smallest absolute Gasteiger partial charge is 0.264 e. The maximum Gasteiger partial charge on any atom is 0.264 e. The summed E-state index contributed by atoms with van der Waals surface area (Å²) >= 11 is 0. The van der Waals surface area contributed by atoms with Crippen molar-refractivity contribution in [2.75, 3.05) is 13.6 Å². The summed E-state index contributed by atoms with van der Waals surface area (Å²) in [4.78, 5) is 2.00. The normalized spacial score (nSPS) is 21.9. The average Bonchev–Trinajstić information content (AvgIpc) is 2.63. The first-order valence-electron chi connectivity index (χ1n) is 5.37. The summed E-state index contributed by atoms with van der Waals surface area (Å²) in [6.45, 7) is 0.879. The maximum atomic E-state index is 13.1. The molecule has 1 aliphatic heterocycles. The van der Waals surface area contributed by atoms with Gasteiger partial charge in [0.1, 0.15) is 5.82 Å². The minimum absolute atomic E-state index is 0.0415. The lowest BCUT2D eigenvalue weighted by molar-refractivity contribution is 0.147. The Hall–Kier alpha value is -1.03. The predicted molar refractivity (Wildman–Crippen MR) is 56.0 cm³/mol. The fraction of sp³-hybridized carbons (Fsp3) is 0.500. The molecule has 0 N–H and O–H groups in total. The summed E-state index contributed by atoms with van der Waals surface area (Å²) in [5.74, 6) is -0.445. The highest BCUT2D eigenvalue weighted by molar-refractivity contribution is 5.32. The molecule has 4 heteroatoms. The summed E-state index contributed by atoms with van der Waals surface area (Å²) in [5.41, 5.74) is 0.398. The van der Waals surface area contributed by atoms with E-state index in [-0.39, 0.29) is 11.6 Å². The molecule has 0 radical (unpaired) electrons. The van der Waals surface area contributed by atoms with Gasteiger partial charge < -0.3 is 0 Å². The van der Waals surface area contributed by atoms with Crippen LogP contribution in [0, 0.1) is 5.82 Å². The van der Waals surface area contributed by atoms with E-state index in [1.165, 1.54) is 12.1 Å². The molecule has 0 spiro atoms. The van der Waals surface area contributed by atoms with Crippen LogP contribution in [0.5, 0.6) is 0 Å². The molecule has 0 amide bonds. The molecule has 1 aromatic rings. The molecule has 1 heterocycles. The number of hydrogen-bond acceptors (Lipinski definition) is 1. The molecule has 1 nitrogen and oxygen atoms in total. The Kier molecular flexibility index (Phi) is 3.19. The van der Waals surface area contributed by atoms with Gasteiger partial charge in [-0.15, -0.1) is 0 Å². The molecule has 1 atom stereocenters. The summed E-state index contributed by atoms with van der Waals surface area (Å²) in [6.07, 6.45) is -0.746. The third kappa shape index (κ3) is 2.07. The zero-order valence-electron chi connectivity index (χ0n) is 9.09. The lowest BCUT2D eigenvalue weighted by Crippen LogP contribution is -2.19. The van der Waals surface area contributed by atoms with Crippen LogP contribution in [0.2, 0.25) is 0 Å². The van der Waals surface area contributed by atoms with Crippen LogP contribution in [-0.2, 0) is 0 Å². The highest BCUT2D eigenvalue weighted by atomic mass is 19.3. The predicted octanol–water partition coefficient (Wildman–Crippen LogP) is 3.53. The van der Waals surface area contributed by atoms with E-state index < -0.39 is 12.2 Å². The van der Waals surface area contributed by atoms with E-state index in [4.69, 9.17) is 0 Å². The molecule has 88 valence electrons. The minimum atomic E-state index is -2.54. The molecular weight excluding hydrogens is 215 g/mol. The topological polar surface area (TPSA) is 3.24 Å². The average molecular weight is 229 g/mol. The van der Waals surface area contributed by atoms with Gasteiger partial charge in [-0.3, -0.25) is 4.90 Å². The van der Waals surface area contributed by atoms with Crippen molar-refractivity contribution >= 4 is 0 Å². The molecule has 1 aromatic carbocycles. The van der Waals surface area contributed by atoms with E-state index in [2.05, 4.69) is 0 Å². The molecule has 1 fully saturated rings. The van der Waals surface area contributed by atoms with Gasteiger partial charge >= 0.3 is 0 Å². The van der Waals surface area contributed by atoms with Gasteiger partial charge in [-0.25, -0.2) is 13.2 Å². The van der Waals surface area contributed by atoms with Crippen molar-refractivity contribution < 1.29 is 13.2 Å². The number of benzene rings is 1. The SMILES string of the molecule is CN1CCCC1c1cc(F)ccc1C(F)F. The summed E-state index contributed by atoms with van der Waals surface area (Å²) in [5, 5.41) is 0. The van der Waals surface area contributed by atoms with E-state index in [0.29, 0.717) is 5.56 Å². The Bertz CT molecular complexity index is 379. The van der Waals surface area contributed by atoms with Crippen molar-refractivity contribution in [2.24, 2.45) is 0 Å². The summed E-state index contributed by atoms with van der Waals surface area (Å²) < 4.78 is 38.7. The standard InChI is InChI=1S/C12H14F3N/c1-16-6-2-3-11(16)10-7-8(13)4-5-9(10)12(14)15/h4-5,7,11-12H,2-3,6H2,1H3. The fourth-order valence-corrected chi connectivity index (χ4v) is 2.34. The van der Waals surface area contributed by atoms with Crippen LogP contribution in [-0.4, -0.2) is 18.5 Å². The van der Waals surface area contributed by atoms with Crippen molar-refractivity contribution in [2.45, 2.75) is 25.3 Å². The van der Waals surface area contributed by atoms with E-state index in [9.17, 15) is 13.2 Å². The number of likely N-dealkylation sites (tertiary alicyclic amines) is 1. The second kappa shape index (κ2) is 4.45. The van der Waals surface area contributed by atoms with Crippen LogP contribution in [0.3, 0.4) is 0 Å². The fourth-order valence-electron chi connectivity index (χ4n) is 2.34. The largest absolute Gasteiger partial charge is 0.299 e. The Morgan fingerprint density at radius 1 is 1.38 bits per heavy atom. The van der Waals surface area contributed by atoms with Crippen molar-refractivity contribution in [1.29, 1.82) is 0 Å². The Morgan fingerprint density at radius 3 is 2.69 bits per heavy atom. The molecule has 16 heavy (non-hydrogen) atoms. The van der Waals surface area contributed by atoms with Crippen molar-refractivity contribution in [3.05, 3.63) is 35.1 Å². The van der Waals surface area contributed by atoms with Gasteiger partial charge in [0.2, 0.25) is 0 Å². The number of alkyl halides is 2.